The second-order valence-electron chi connectivity index (χ2n) is 5.67. The van der Waals surface area contributed by atoms with E-state index in [0.29, 0.717) is 29.1 Å². The first-order valence-corrected chi connectivity index (χ1v) is 9.00. The smallest absolute Gasteiger partial charge is 0.265 e. The van der Waals surface area contributed by atoms with Gasteiger partial charge in [0.25, 0.3) is 5.95 Å². The number of phenols is 1. The molecule has 0 aliphatic carbocycles. The molecule has 0 spiro atoms. The molecule has 8 nitrogen and oxygen atoms in total. The molecule has 0 aliphatic rings. The molecular formula is C18H15BrN6O2. The van der Waals surface area contributed by atoms with Gasteiger partial charge >= 0.3 is 0 Å². The van der Waals surface area contributed by atoms with Crippen molar-refractivity contribution in [3.63, 3.8) is 0 Å². The Morgan fingerprint density at radius 2 is 2.15 bits per heavy atom. The Hall–Kier alpha value is -3.20. The number of ether oxygens (including phenoxy) is 1. The Morgan fingerprint density at radius 1 is 1.26 bits per heavy atom. The van der Waals surface area contributed by atoms with Gasteiger partial charge in [0.15, 0.2) is 5.65 Å². The standard InChI is InChI=1S/C18H15BrN6O2/c1-2-27-12-5-3-10(15(26)8-12)9-20-24-18-22-17-16(23-25-18)13-7-11(19)4-6-14(13)21-17/h3-9,26H,2H2,1H3,(H2,21,22,24,25). The van der Waals surface area contributed by atoms with Gasteiger partial charge in [0, 0.05) is 27.0 Å². The summed E-state index contributed by atoms with van der Waals surface area (Å²) in [6.07, 6.45) is 1.47. The van der Waals surface area contributed by atoms with Crippen molar-refractivity contribution in [2.75, 3.05) is 12.0 Å². The summed E-state index contributed by atoms with van der Waals surface area (Å²) in [5.74, 6) is 0.917. The summed E-state index contributed by atoms with van der Waals surface area (Å²) in [6, 6.07) is 10.9. The van der Waals surface area contributed by atoms with Crippen molar-refractivity contribution in [2.45, 2.75) is 6.92 Å². The Labute approximate surface area is 162 Å². The molecule has 0 saturated heterocycles. The van der Waals surface area contributed by atoms with E-state index in [-0.39, 0.29) is 11.7 Å². The number of halogens is 1. The minimum atomic E-state index is 0.0715. The van der Waals surface area contributed by atoms with Crippen LogP contribution in [0.3, 0.4) is 0 Å². The first-order chi connectivity index (χ1) is 13.1. The van der Waals surface area contributed by atoms with E-state index in [9.17, 15) is 5.11 Å². The van der Waals surface area contributed by atoms with E-state index >= 15 is 0 Å². The van der Waals surface area contributed by atoms with E-state index in [2.05, 4.69) is 46.6 Å². The molecule has 0 unspecified atom stereocenters. The first kappa shape index (κ1) is 17.2. The molecule has 0 saturated carbocycles. The van der Waals surface area contributed by atoms with Crippen LogP contribution in [0.5, 0.6) is 11.5 Å². The Bertz CT molecular complexity index is 1160. The predicted octanol–water partition coefficient (Wildman–Crippen LogP) is 3.82. The van der Waals surface area contributed by atoms with Gasteiger partial charge in [-0.2, -0.15) is 10.1 Å². The maximum absolute atomic E-state index is 10.0. The molecule has 0 bridgehead atoms. The average Bonchev–Trinajstić information content (AvgIpc) is 3.01. The number of rotatable bonds is 5. The van der Waals surface area contributed by atoms with Crippen molar-refractivity contribution < 1.29 is 9.84 Å². The third-order valence-corrected chi connectivity index (χ3v) is 4.35. The van der Waals surface area contributed by atoms with E-state index in [4.69, 9.17) is 4.74 Å². The van der Waals surface area contributed by atoms with Crippen LogP contribution in [-0.4, -0.2) is 38.1 Å². The van der Waals surface area contributed by atoms with Gasteiger partial charge in [0.05, 0.1) is 12.8 Å². The molecule has 3 N–H and O–H groups in total. The topological polar surface area (TPSA) is 108 Å². The van der Waals surface area contributed by atoms with Crippen LogP contribution in [0.25, 0.3) is 22.1 Å². The minimum Gasteiger partial charge on any atom is -0.507 e. The van der Waals surface area contributed by atoms with Gasteiger partial charge in [-0.25, -0.2) is 5.43 Å². The summed E-state index contributed by atoms with van der Waals surface area (Å²) in [5.41, 5.74) is 5.48. The number of hydrogen-bond donors (Lipinski definition) is 3. The number of phenolic OH excluding ortho intramolecular Hbond substituents is 1. The van der Waals surface area contributed by atoms with Crippen LogP contribution in [0.2, 0.25) is 0 Å². The molecule has 0 atom stereocenters. The number of aromatic nitrogens is 4. The summed E-state index contributed by atoms with van der Waals surface area (Å²) in [7, 11) is 0. The Kier molecular flexibility index (Phi) is 4.59. The van der Waals surface area contributed by atoms with Crippen LogP contribution < -0.4 is 10.2 Å². The van der Waals surface area contributed by atoms with Crippen molar-refractivity contribution in [3.05, 3.63) is 46.4 Å². The molecule has 9 heteroatoms. The summed E-state index contributed by atoms with van der Waals surface area (Å²) in [4.78, 5) is 7.58. The fourth-order valence-corrected chi connectivity index (χ4v) is 3.00. The lowest BCUT2D eigenvalue weighted by molar-refractivity contribution is 0.337. The number of H-pyrrole nitrogens is 1. The van der Waals surface area contributed by atoms with E-state index in [0.717, 1.165) is 15.4 Å². The molecule has 0 amide bonds. The number of nitrogens with zero attached hydrogens (tertiary/aromatic N) is 4. The highest BCUT2D eigenvalue weighted by Crippen LogP contribution is 2.26. The molecule has 2 aromatic heterocycles. The maximum Gasteiger partial charge on any atom is 0.265 e. The minimum absolute atomic E-state index is 0.0715. The molecule has 4 rings (SSSR count). The highest BCUT2D eigenvalue weighted by Gasteiger charge is 2.09. The van der Waals surface area contributed by atoms with E-state index < -0.39 is 0 Å². The van der Waals surface area contributed by atoms with E-state index in [1.807, 2.05) is 25.1 Å². The fourth-order valence-electron chi connectivity index (χ4n) is 2.64. The molecule has 2 heterocycles. The van der Waals surface area contributed by atoms with Gasteiger partial charge in [-0.15, -0.1) is 10.2 Å². The van der Waals surface area contributed by atoms with Crippen LogP contribution >= 0.6 is 15.9 Å². The van der Waals surface area contributed by atoms with Gasteiger partial charge in [-0.3, -0.25) is 0 Å². The van der Waals surface area contributed by atoms with Gasteiger partial charge in [0.1, 0.15) is 17.0 Å². The second kappa shape index (κ2) is 7.20. The van der Waals surface area contributed by atoms with Crippen LogP contribution in [0.4, 0.5) is 5.95 Å². The third kappa shape index (κ3) is 3.54. The fraction of sp³-hybridized carbons (Fsp3) is 0.111. The number of hydrazone groups is 1. The van der Waals surface area contributed by atoms with Gasteiger partial charge in [0.2, 0.25) is 0 Å². The van der Waals surface area contributed by atoms with E-state index in [1.165, 1.54) is 12.3 Å². The number of aromatic amines is 1. The number of aromatic hydroxyl groups is 1. The van der Waals surface area contributed by atoms with Gasteiger partial charge in [-0.1, -0.05) is 15.9 Å². The summed E-state index contributed by atoms with van der Waals surface area (Å²) in [5, 5.41) is 23.3. The van der Waals surface area contributed by atoms with Crippen LogP contribution in [0, 0.1) is 0 Å². The summed E-state index contributed by atoms with van der Waals surface area (Å²) < 4.78 is 6.29. The Morgan fingerprint density at radius 3 is 2.96 bits per heavy atom. The zero-order chi connectivity index (χ0) is 18.8. The molecule has 0 radical (unpaired) electrons. The van der Waals surface area contributed by atoms with Crippen molar-refractivity contribution >= 4 is 50.2 Å². The van der Waals surface area contributed by atoms with Crippen LogP contribution in [0.1, 0.15) is 12.5 Å². The van der Waals surface area contributed by atoms with Crippen LogP contribution in [0.15, 0.2) is 46.0 Å². The molecular weight excluding hydrogens is 412 g/mol. The van der Waals surface area contributed by atoms with Gasteiger partial charge in [-0.05, 0) is 37.3 Å². The number of benzene rings is 2. The molecule has 0 fully saturated rings. The van der Waals surface area contributed by atoms with Crippen molar-refractivity contribution in [1.82, 2.24) is 20.2 Å². The van der Waals surface area contributed by atoms with Crippen molar-refractivity contribution in [1.29, 1.82) is 0 Å². The summed E-state index contributed by atoms with van der Waals surface area (Å²) >= 11 is 3.45. The molecule has 2 aromatic carbocycles. The molecule has 136 valence electrons. The monoisotopic (exact) mass is 426 g/mol. The number of fused-ring (bicyclic) bond motifs is 3. The van der Waals surface area contributed by atoms with Crippen molar-refractivity contribution in [2.24, 2.45) is 5.10 Å². The van der Waals surface area contributed by atoms with Crippen molar-refractivity contribution in [3.8, 4) is 11.5 Å². The largest absolute Gasteiger partial charge is 0.507 e. The number of anilines is 1. The molecule has 4 aromatic rings. The molecule has 27 heavy (non-hydrogen) atoms. The highest BCUT2D eigenvalue weighted by atomic mass is 79.9. The lowest BCUT2D eigenvalue weighted by Gasteiger charge is -2.04. The van der Waals surface area contributed by atoms with Gasteiger partial charge < -0.3 is 14.8 Å². The highest BCUT2D eigenvalue weighted by molar-refractivity contribution is 9.10. The number of nitrogens with one attached hydrogen (secondary N) is 2. The SMILES string of the molecule is CCOc1ccc(C=NNc2nnc3c(n2)[nH]c2ccc(Br)cc23)c(O)c1. The molecule has 0 aliphatic heterocycles. The average molecular weight is 427 g/mol. The third-order valence-electron chi connectivity index (χ3n) is 3.86. The lowest BCUT2D eigenvalue weighted by atomic mass is 10.2. The zero-order valence-electron chi connectivity index (χ0n) is 14.3. The van der Waals surface area contributed by atoms with E-state index in [1.54, 1.807) is 12.1 Å². The number of hydrogen-bond acceptors (Lipinski definition) is 7. The maximum atomic E-state index is 10.0. The summed E-state index contributed by atoms with van der Waals surface area (Å²) in [6.45, 7) is 2.42. The van der Waals surface area contributed by atoms with Crippen LogP contribution in [-0.2, 0) is 0 Å². The lowest BCUT2D eigenvalue weighted by Crippen LogP contribution is -1.99. The zero-order valence-corrected chi connectivity index (χ0v) is 15.9. The first-order valence-electron chi connectivity index (χ1n) is 8.20. The second-order valence-corrected chi connectivity index (χ2v) is 6.59. The normalized spacial score (nSPS) is 11.5. The Balaban J connectivity index is 1.55. The predicted molar refractivity (Wildman–Crippen MR) is 107 cm³/mol. The quantitative estimate of drug-likeness (QED) is 0.330.